The van der Waals surface area contributed by atoms with E-state index in [9.17, 15) is 9.59 Å². The average Bonchev–Trinajstić information content (AvgIpc) is 3.15. The summed E-state index contributed by atoms with van der Waals surface area (Å²) in [6.07, 6.45) is 2.24. The lowest BCUT2D eigenvalue weighted by Crippen LogP contribution is -2.36. The predicted octanol–water partition coefficient (Wildman–Crippen LogP) is 5.82. The van der Waals surface area contributed by atoms with Gasteiger partial charge >= 0.3 is 5.97 Å². The zero-order valence-electron chi connectivity index (χ0n) is 19.8. The number of carbonyl (C=O) groups is 2. The number of amides is 1. The van der Waals surface area contributed by atoms with E-state index in [0.29, 0.717) is 35.5 Å². The number of carboxylic acids is 1. The van der Waals surface area contributed by atoms with E-state index in [1.807, 2.05) is 45.0 Å². The molecule has 0 aliphatic heterocycles. The molecule has 2 aromatic carbocycles. The van der Waals surface area contributed by atoms with E-state index in [2.05, 4.69) is 0 Å². The molecule has 1 aromatic heterocycles. The van der Waals surface area contributed by atoms with Gasteiger partial charge < -0.3 is 19.2 Å². The van der Waals surface area contributed by atoms with E-state index in [4.69, 9.17) is 15.6 Å². The number of aryl methyl sites for hydroxylation is 1. The van der Waals surface area contributed by atoms with Crippen molar-refractivity contribution in [3.8, 4) is 5.75 Å². The lowest BCUT2D eigenvalue weighted by Gasteiger charge is -2.28. The molecule has 0 saturated carbocycles. The second kappa shape index (κ2) is 10.8. The number of furan rings is 1. The van der Waals surface area contributed by atoms with Gasteiger partial charge in [-0.2, -0.15) is 0 Å². The summed E-state index contributed by atoms with van der Waals surface area (Å²) in [7, 11) is 0. The molecule has 0 saturated heterocycles. The molecule has 1 amide bonds. The number of aliphatic carboxylic acids is 1. The highest BCUT2D eigenvalue weighted by Crippen LogP contribution is 2.25. The summed E-state index contributed by atoms with van der Waals surface area (Å²) in [5.41, 5.74) is 1.73. The number of carboxylic acid groups (broad SMARTS) is 1. The van der Waals surface area contributed by atoms with Gasteiger partial charge in [-0.25, -0.2) is 0 Å². The maximum atomic E-state index is 13.4. The smallest absolute Gasteiger partial charge is 0.303 e. The number of para-hydroxylation sites is 1. The fraction of sp³-hybridized carbons (Fsp3) is 0.385. The summed E-state index contributed by atoms with van der Waals surface area (Å²) in [4.78, 5) is 25.6. The molecule has 3 rings (SSSR count). The molecule has 170 valence electrons. The maximum absolute atomic E-state index is 13.4. The number of nitrogens with zero attached hydrogens (tertiary/aromatic N) is 1. The first-order valence-electron chi connectivity index (χ1n) is 11.5. The van der Waals surface area contributed by atoms with E-state index in [1.54, 1.807) is 24.3 Å². The van der Waals surface area contributed by atoms with Crippen molar-refractivity contribution < 1.29 is 25.2 Å². The van der Waals surface area contributed by atoms with Gasteiger partial charge in [0.25, 0.3) is 5.91 Å². The van der Waals surface area contributed by atoms with Crippen LogP contribution in [0.1, 0.15) is 62.6 Å². The van der Waals surface area contributed by atoms with Crippen molar-refractivity contribution in [2.75, 3.05) is 6.61 Å². The van der Waals surface area contributed by atoms with Gasteiger partial charge in [0.15, 0.2) is 0 Å². The van der Waals surface area contributed by atoms with Crippen molar-refractivity contribution in [3.63, 3.8) is 0 Å². The van der Waals surface area contributed by atoms with Crippen LogP contribution in [-0.2, 0) is 11.3 Å². The quantitative estimate of drug-likeness (QED) is 0.382. The number of hydrogen-bond donors (Lipinski definition) is 1. The van der Waals surface area contributed by atoms with Crippen LogP contribution >= 0.6 is 0 Å². The third-order valence-electron chi connectivity index (χ3n) is 5.17. The maximum Gasteiger partial charge on any atom is 0.303 e. The first-order valence-corrected chi connectivity index (χ1v) is 11.0. The van der Waals surface area contributed by atoms with E-state index in [0.717, 1.165) is 24.0 Å². The zero-order chi connectivity index (χ0) is 24.0. The first kappa shape index (κ1) is 21.9. The van der Waals surface area contributed by atoms with E-state index >= 15 is 0 Å². The van der Waals surface area contributed by atoms with Crippen molar-refractivity contribution in [3.05, 3.63) is 65.4 Å². The molecule has 6 nitrogen and oxygen atoms in total. The Hall–Kier alpha value is -3.28. The minimum Gasteiger partial charge on any atom is -0.493 e. The molecular weight excluding hydrogens is 406 g/mol. The van der Waals surface area contributed by atoms with Crippen LogP contribution in [0, 0.1) is 6.92 Å². The minimum atomic E-state index is -0.949. The van der Waals surface area contributed by atoms with Crippen molar-refractivity contribution in [2.45, 2.75) is 59.0 Å². The van der Waals surface area contributed by atoms with Crippen LogP contribution in [0.4, 0.5) is 0 Å². The number of hydrogen-bond acceptors (Lipinski definition) is 4. The second-order valence-electron chi connectivity index (χ2n) is 8.14. The minimum absolute atomic E-state index is 0.153. The molecular formula is C26H31NO5. The largest absolute Gasteiger partial charge is 0.493 e. The highest BCUT2D eigenvalue weighted by Gasteiger charge is 2.21. The van der Waals surface area contributed by atoms with Gasteiger partial charge in [-0.05, 0) is 64.3 Å². The van der Waals surface area contributed by atoms with Crippen molar-refractivity contribution in [1.29, 1.82) is 0 Å². The van der Waals surface area contributed by atoms with Crippen molar-refractivity contribution in [2.24, 2.45) is 0 Å². The van der Waals surface area contributed by atoms with Crippen LogP contribution in [0.3, 0.4) is 0 Å². The predicted molar refractivity (Wildman–Crippen MR) is 124 cm³/mol. The number of rotatable bonds is 11. The summed E-state index contributed by atoms with van der Waals surface area (Å²) < 4.78 is 20.5. The van der Waals surface area contributed by atoms with Crippen molar-refractivity contribution in [1.82, 2.24) is 4.90 Å². The first-order chi connectivity index (χ1) is 15.8. The summed E-state index contributed by atoms with van der Waals surface area (Å²) in [5.74, 6) is 0.302. The second-order valence-corrected chi connectivity index (χ2v) is 8.14. The van der Waals surface area contributed by atoms with Gasteiger partial charge in [0, 0.05) is 35.5 Å². The molecule has 0 fully saturated rings. The zero-order valence-corrected chi connectivity index (χ0v) is 18.8. The van der Waals surface area contributed by atoms with E-state index < -0.39 is 12.5 Å². The van der Waals surface area contributed by atoms with Crippen LogP contribution in [0.25, 0.3) is 11.0 Å². The number of benzene rings is 2. The Morgan fingerprint density at radius 1 is 1.12 bits per heavy atom. The molecule has 6 heteroatoms. The highest BCUT2D eigenvalue weighted by molar-refractivity contribution is 5.97. The topological polar surface area (TPSA) is 80.0 Å². The fourth-order valence-electron chi connectivity index (χ4n) is 3.49. The standard InChI is InChI=1S/C26H31NO5/c1-18(2)27(26(30)21-13-12-20-15-19(3)32-24(20)16-21)17-22-9-6-7-10-23(22)31-14-8-4-5-11-25(28)29/h6-7,9-10,12-13,15-16,18H,4-5,8,11,14,17H2,1-3H3,(H,28,29)/i17D. The lowest BCUT2D eigenvalue weighted by atomic mass is 10.1. The lowest BCUT2D eigenvalue weighted by molar-refractivity contribution is -0.137. The molecule has 1 heterocycles. The van der Waals surface area contributed by atoms with Gasteiger partial charge in [0.05, 0.1) is 7.98 Å². The molecule has 0 radical (unpaired) electrons. The number of carbonyl (C=O) groups excluding carboxylic acids is 1. The summed E-state index contributed by atoms with van der Waals surface area (Å²) in [5, 5.41) is 9.67. The van der Waals surface area contributed by atoms with Crippen LogP contribution in [0.15, 0.2) is 52.9 Å². The number of unbranched alkanes of at least 4 members (excludes halogenated alkanes) is 2. The molecule has 0 bridgehead atoms. The van der Waals surface area contributed by atoms with Crippen molar-refractivity contribution >= 4 is 22.8 Å². The van der Waals surface area contributed by atoms with Gasteiger partial charge in [0.2, 0.25) is 0 Å². The van der Waals surface area contributed by atoms with Crippen LogP contribution < -0.4 is 4.74 Å². The summed E-state index contributed by atoms with van der Waals surface area (Å²) >= 11 is 0. The Morgan fingerprint density at radius 3 is 2.66 bits per heavy atom. The average molecular weight is 439 g/mol. The van der Waals surface area contributed by atoms with Gasteiger partial charge in [-0.15, -0.1) is 0 Å². The molecule has 0 aliphatic rings. The summed E-state index contributed by atoms with van der Waals surface area (Å²) in [6, 6.07) is 14.3. The number of ether oxygens (including phenoxy) is 1. The molecule has 1 unspecified atom stereocenters. The Balaban J connectivity index is 1.75. The third-order valence-corrected chi connectivity index (χ3v) is 5.17. The third kappa shape index (κ3) is 6.13. The van der Waals surface area contributed by atoms with Crippen LogP contribution in [-0.4, -0.2) is 34.5 Å². The van der Waals surface area contributed by atoms with E-state index in [-0.39, 0.29) is 18.4 Å². The Bertz CT molecular complexity index is 1110. The monoisotopic (exact) mass is 438 g/mol. The Labute approximate surface area is 190 Å². The van der Waals surface area contributed by atoms with Gasteiger partial charge in [0.1, 0.15) is 17.1 Å². The van der Waals surface area contributed by atoms with E-state index in [1.165, 1.54) is 4.90 Å². The molecule has 1 atom stereocenters. The summed E-state index contributed by atoms with van der Waals surface area (Å²) in [6.45, 7) is 5.12. The number of fused-ring (bicyclic) bond motifs is 1. The molecule has 0 spiro atoms. The Kier molecular flexibility index (Phi) is 7.43. The molecule has 32 heavy (non-hydrogen) atoms. The molecule has 3 aromatic rings. The highest BCUT2D eigenvalue weighted by atomic mass is 16.5. The van der Waals surface area contributed by atoms with Gasteiger partial charge in [-0.3, -0.25) is 9.59 Å². The molecule has 0 aliphatic carbocycles. The normalized spacial score (nSPS) is 12.6. The molecule has 1 N–H and O–H groups in total. The SMILES string of the molecule is [2H]C(c1ccccc1OCCCCCC(=O)O)N(C(=O)c1ccc2cc(C)oc2c1)C(C)C. The van der Waals surface area contributed by atoms with Crippen LogP contribution in [0.5, 0.6) is 5.75 Å². The van der Waals surface area contributed by atoms with Gasteiger partial charge in [-0.1, -0.05) is 24.3 Å². The fourth-order valence-corrected chi connectivity index (χ4v) is 3.49. The van der Waals surface area contributed by atoms with Crippen LogP contribution in [0.2, 0.25) is 0 Å². The Morgan fingerprint density at radius 2 is 1.91 bits per heavy atom.